The molecule has 0 aliphatic carbocycles. The highest BCUT2D eigenvalue weighted by Crippen LogP contribution is 2.19. The van der Waals surface area contributed by atoms with Crippen molar-refractivity contribution in [3.63, 3.8) is 0 Å². The highest BCUT2D eigenvalue weighted by Gasteiger charge is 2.15. The Morgan fingerprint density at radius 3 is 2.83 bits per heavy atom. The monoisotopic (exact) mass is 276 g/mol. The number of nitriles is 1. The van der Waals surface area contributed by atoms with Crippen molar-refractivity contribution in [2.75, 3.05) is 0 Å². The van der Waals surface area contributed by atoms with Gasteiger partial charge in [-0.1, -0.05) is 23.7 Å². The van der Waals surface area contributed by atoms with E-state index in [0.717, 1.165) is 4.88 Å². The van der Waals surface area contributed by atoms with Crippen molar-refractivity contribution in [3.05, 3.63) is 57.2 Å². The fourth-order valence-electron chi connectivity index (χ4n) is 1.47. The largest absolute Gasteiger partial charge is 0.332 e. The van der Waals surface area contributed by atoms with E-state index in [1.165, 1.54) is 11.3 Å². The number of hydrogen-bond acceptors (Lipinski definition) is 3. The summed E-state index contributed by atoms with van der Waals surface area (Å²) >= 11 is 7.25. The Hall–Kier alpha value is -1.83. The summed E-state index contributed by atoms with van der Waals surface area (Å²) in [6, 6.07) is 11.7. The molecule has 1 amide bonds. The Kier molecular flexibility index (Phi) is 3.98. The number of nitrogens with zero attached hydrogens (tertiary/aromatic N) is 1. The van der Waals surface area contributed by atoms with Crippen LogP contribution in [0.4, 0.5) is 0 Å². The molecule has 2 rings (SSSR count). The van der Waals surface area contributed by atoms with E-state index < -0.39 is 6.04 Å². The van der Waals surface area contributed by atoms with Gasteiger partial charge in [-0.15, -0.1) is 11.3 Å². The van der Waals surface area contributed by atoms with Crippen LogP contribution in [0, 0.1) is 11.3 Å². The van der Waals surface area contributed by atoms with Gasteiger partial charge in [0.05, 0.1) is 6.07 Å². The maximum Gasteiger partial charge on any atom is 0.252 e. The van der Waals surface area contributed by atoms with E-state index in [1.54, 1.807) is 24.3 Å². The molecule has 0 saturated heterocycles. The minimum Gasteiger partial charge on any atom is -0.332 e. The van der Waals surface area contributed by atoms with Crippen LogP contribution < -0.4 is 5.32 Å². The molecular formula is C13H9ClN2OS. The molecule has 0 saturated carbocycles. The van der Waals surface area contributed by atoms with Crippen molar-refractivity contribution >= 4 is 28.8 Å². The highest BCUT2D eigenvalue weighted by molar-refractivity contribution is 7.10. The summed E-state index contributed by atoms with van der Waals surface area (Å²) in [6.07, 6.45) is 0. The Bertz CT molecular complexity index is 589. The van der Waals surface area contributed by atoms with Crippen molar-refractivity contribution in [1.82, 2.24) is 5.32 Å². The Labute approximate surface area is 114 Å². The molecule has 2 aromatic rings. The number of halogens is 1. The van der Waals surface area contributed by atoms with Crippen LogP contribution in [0.15, 0.2) is 41.8 Å². The Morgan fingerprint density at radius 2 is 2.22 bits per heavy atom. The van der Waals surface area contributed by atoms with Gasteiger partial charge >= 0.3 is 0 Å². The van der Waals surface area contributed by atoms with Gasteiger partial charge in [0, 0.05) is 15.5 Å². The molecule has 1 atom stereocenters. The molecule has 90 valence electrons. The van der Waals surface area contributed by atoms with E-state index in [0.29, 0.717) is 10.6 Å². The molecule has 0 fully saturated rings. The SMILES string of the molecule is N#CC(NC(=O)c1cccc(Cl)c1)c1cccs1. The van der Waals surface area contributed by atoms with E-state index in [-0.39, 0.29) is 5.91 Å². The molecule has 1 aromatic heterocycles. The summed E-state index contributed by atoms with van der Waals surface area (Å²) in [6.45, 7) is 0. The number of nitrogens with one attached hydrogen (secondary N) is 1. The third kappa shape index (κ3) is 2.89. The first-order valence-electron chi connectivity index (χ1n) is 5.20. The first kappa shape index (κ1) is 12.6. The summed E-state index contributed by atoms with van der Waals surface area (Å²) in [5, 5.41) is 14.1. The molecule has 0 aliphatic rings. The van der Waals surface area contributed by atoms with Gasteiger partial charge in [0.1, 0.15) is 0 Å². The van der Waals surface area contributed by atoms with E-state index in [1.807, 2.05) is 17.5 Å². The number of carbonyl (C=O) groups excluding carboxylic acids is 1. The van der Waals surface area contributed by atoms with Gasteiger partial charge in [-0.2, -0.15) is 5.26 Å². The lowest BCUT2D eigenvalue weighted by molar-refractivity contribution is 0.0945. The molecule has 5 heteroatoms. The summed E-state index contributed by atoms with van der Waals surface area (Å²) in [5.41, 5.74) is 0.444. The van der Waals surface area contributed by atoms with Crippen LogP contribution in [0.3, 0.4) is 0 Å². The average Bonchev–Trinajstić information content (AvgIpc) is 2.89. The number of carbonyl (C=O) groups is 1. The van der Waals surface area contributed by atoms with Gasteiger partial charge in [0.25, 0.3) is 5.91 Å². The maximum atomic E-state index is 11.9. The highest BCUT2D eigenvalue weighted by atomic mass is 35.5. The van der Waals surface area contributed by atoms with Gasteiger partial charge in [0.15, 0.2) is 6.04 Å². The van der Waals surface area contributed by atoms with Crippen LogP contribution in [0.2, 0.25) is 5.02 Å². The predicted molar refractivity (Wildman–Crippen MR) is 71.6 cm³/mol. The molecule has 0 bridgehead atoms. The van der Waals surface area contributed by atoms with Crippen LogP contribution in [-0.2, 0) is 0 Å². The minimum atomic E-state index is -0.628. The maximum absolute atomic E-state index is 11.9. The molecular weight excluding hydrogens is 268 g/mol. The summed E-state index contributed by atoms with van der Waals surface area (Å²) in [7, 11) is 0. The topological polar surface area (TPSA) is 52.9 Å². The molecule has 18 heavy (non-hydrogen) atoms. The van der Waals surface area contributed by atoms with Crippen LogP contribution in [0.25, 0.3) is 0 Å². The summed E-state index contributed by atoms with van der Waals surface area (Å²) in [5.74, 6) is -0.308. The summed E-state index contributed by atoms with van der Waals surface area (Å²) in [4.78, 5) is 12.8. The van der Waals surface area contributed by atoms with Crippen molar-refractivity contribution < 1.29 is 4.79 Å². The van der Waals surface area contributed by atoms with E-state index in [9.17, 15) is 4.79 Å². The van der Waals surface area contributed by atoms with E-state index >= 15 is 0 Å². The van der Waals surface area contributed by atoms with Crippen LogP contribution >= 0.6 is 22.9 Å². The third-order valence-corrected chi connectivity index (χ3v) is 3.49. The summed E-state index contributed by atoms with van der Waals surface area (Å²) < 4.78 is 0. The number of thiophene rings is 1. The zero-order chi connectivity index (χ0) is 13.0. The first-order chi connectivity index (χ1) is 8.70. The quantitative estimate of drug-likeness (QED) is 0.934. The molecule has 1 unspecified atom stereocenters. The molecule has 0 radical (unpaired) electrons. The lowest BCUT2D eigenvalue weighted by Gasteiger charge is -2.09. The molecule has 3 nitrogen and oxygen atoms in total. The second-order valence-electron chi connectivity index (χ2n) is 3.56. The van der Waals surface area contributed by atoms with Crippen molar-refractivity contribution in [3.8, 4) is 6.07 Å². The number of hydrogen-bond donors (Lipinski definition) is 1. The fraction of sp³-hybridized carbons (Fsp3) is 0.0769. The normalized spacial score (nSPS) is 11.6. The van der Waals surface area contributed by atoms with Gasteiger partial charge in [-0.25, -0.2) is 0 Å². The number of benzene rings is 1. The Morgan fingerprint density at radius 1 is 1.39 bits per heavy atom. The predicted octanol–water partition coefficient (Wildman–Crippen LogP) is 3.40. The third-order valence-electron chi connectivity index (χ3n) is 2.32. The van der Waals surface area contributed by atoms with E-state index in [4.69, 9.17) is 16.9 Å². The molecule has 0 aliphatic heterocycles. The first-order valence-corrected chi connectivity index (χ1v) is 6.46. The fourth-order valence-corrected chi connectivity index (χ4v) is 2.38. The number of rotatable bonds is 3. The standard InChI is InChI=1S/C13H9ClN2OS/c14-10-4-1-3-9(7-10)13(17)16-11(8-15)12-5-2-6-18-12/h1-7,11H,(H,16,17). The second kappa shape index (κ2) is 5.67. The zero-order valence-electron chi connectivity index (χ0n) is 9.26. The lowest BCUT2D eigenvalue weighted by atomic mass is 10.2. The minimum absolute atomic E-state index is 0.308. The van der Waals surface area contributed by atoms with Crippen molar-refractivity contribution in [1.29, 1.82) is 5.26 Å². The van der Waals surface area contributed by atoms with Gasteiger partial charge in [0.2, 0.25) is 0 Å². The molecule has 1 aromatic carbocycles. The molecule has 0 spiro atoms. The number of amides is 1. The zero-order valence-corrected chi connectivity index (χ0v) is 10.8. The van der Waals surface area contributed by atoms with Gasteiger partial charge < -0.3 is 5.32 Å². The smallest absolute Gasteiger partial charge is 0.252 e. The second-order valence-corrected chi connectivity index (χ2v) is 4.98. The molecule has 1 N–H and O–H groups in total. The van der Waals surface area contributed by atoms with Gasteiger partial charge in [-0.05, 0) is 29.6 Å². The van der Waals surface area contributed by atoms with Crippen LogP contribution in [0.1, 0.15) is 21.3 Å². The Balaban J connectivity index is 2.14. The van der Waals surface area contributed by atoms with E-state index in [2.05, 4.69) is 11.4 Å². The average molecular weight is 277 g/mol. The van der Waals surface area contributed by atoms with Crippen LogP contribution in [-0.4, -0.2) is 5.91 Å². The van der Waals surface area contributed by atoms with Crippen LogP contribution in [0.5, 0.6) is 0 Å². The van der Waals surface area contributed by atoms with Crippen molar-refractivity contribution in [2.45, 2.75) is 6.04 Å². The van der Waals surface area contributed by atoms with Crippen molar-refractivity contribution in [2.24, 2.45) is 0 Å². The molecule has 1 heterocycles. The van der Waals surface area contributed by atoms with Gasteiger partial charge in [-0.3, -0.25) is 4.79 Å². The lowest BCUT2D eigenvalue weighted by Crippen LogP contribution is -2.27.